The SMILES string of the molecule is N#Cc1ccccc1COc1ccccc1. The van der Waals surface area contributed by atoms with Crippen LogP contribution in [0.2, 0.25) is 0 Å². The van der Waals surface area contributed by atoms with E-state index in [2.05, 4.69) is 6.07 Å². The molecule has 0 spiro atoms. The van der Waals surface area contributed by atoms with Gasteiger partial charge in [-0.3, -0.25) is 0 Å². The van der Waals surface area contributed by atoms with Crippen LogP contribution in [0.15, 0.2) is 54.6 Å². The molecule has 0 fully saturated rings. The first-order chi connectivity index (χ1) is 7.90. The van der Waals surface area contributed by atoms with E-state index in [4.69, 9.17) is 10.00 Å². The van der Waals surface area contributed by atoms with Crippen molar-refractivity contribution in [3.8, 4) is 11.8 Å². The van der Waals surface area contributed by atoms with Crippen molar-refractivity contribution in [2.24, 2.45) is 0 Å². The van der Waals surface area contributed by atoms with Crippen LogP contribution in [-0.4, -0.2) is 0 Å². The smallest absolute Gasteiger partial charge is 0.119 e. The Morgan fingerprint density at radius 2 is 1.62 bits per heavy atom. The van der Waals surface area contributed by atoms with Crippen molar-refractivity contribution in [2.45, 2.75) is 6.61 Å². The first-order valence-electron chi connectivity index (χ1n) is 5.06. The zero-order valence-corrected chi connectivity index (χ0v) is 8.76. The highest BCUT2D eigenvalue weighted by Gasteiger charge is 2.00. The Morgan fingerprint density at radius 3 is 2.38 bits per heavy atom. The van der Waals surface area contributed by atoms with E-state index in [0.717, 1.165) is 11.3 Å². The molecule has 0 aromatic heterocycles. The second-order valence-electron chi connectivity index (χ2n) is 3.37. The quantitative estimate of drug-likeness (QED) is 0.778. The third-order valence-electron chi connectivity index (χ3n) is 2.28. The molecular formula is C14H11NO. The highest BCUT2D eigenvalue weighted by Crippen LogP contribution is 2.13. The lowest BCUT2D eigenvalue weighted by Gasteiger charge is -2.06. The number of nitrogens with zero attached hydrogens (tertiary/aromatic N) is 1. The first kappa shape index (κ1) is 10.3. The number of rotatable bonds is 3. The summed E-state index contributed by atoms with van der Waals surface area (Å²) in [5, 5.41) is 8.91. The van der Waals surface area contributed by atoms with E-state index in [1.165, 1.54) is 0 Å². The Labute approximate surface area is 94.7 Å². The van der Waals surface area contributed by atoms with Gasteiger partial charge in [-0.1, -0.05) is 36.4 Å². The van der Waals surface area contributed by atoms with Gasteiger partial charge in [-0.2, -0.15) is 5.26 Å². The number of ether oxygens (including phenoxy) is 1. The predicted molar refractivity (Wildman–Crippen MR) is 61.9 cm³/mol. The van der Waals surface area contributed by atoms with Crippen molar-refractivity contribution in [1.82, 2.24) is 0 Å². The van der Waals surface area contributed by atoms with E-state index in [9.17, 15) is 0 Å². The highest BCUT2D eigenvalue weighted by molar-refractivity contribution is 5.37. The molecule has 0 amide bonds. The molecule has 16 heavy (non-hydrogen) atoms. The molecule has 2 aromatic rings. The molecule has 0 heterocycles. The monoisotopic (exact) mass is 209 g/mol. The van der Waals surface area contributed by atoms with E-state index in [1.807, 2.05) is 48.5 Å². The summed E-state index contributed by atoms with van der Waals surface area (Å²) in [6.45, 7) is 0.424. The minimum atomic E-state index is 0.424. The molecule has 78 valence electrons. The van der Waals surface area contributed by atoms with Gasteiger partial charge in [0.1, 0.15) is 12.4 Å². The molecule has 2 rings (SSSR count). The van der Waals surface area contributed by atoms with Crippen LogP contribution in [-0.2, 0) is 6.61 Å². The van der Waals surface area contributed by atoms with E-state index in [1.54, 1.807) is 6.07 Å². The van der Waals surface area contributed by atoms with Gasteiger partial charge >= 0.3 is 0 Å². The van der Waals surface area contributed by atoms with Crippen molar-refractivity contribution < 1.29 is 4.74 Å². The summed E-state index contributed by atoms with van der Waals surface area (Å²) in [6, 6.07) is 19.2. The molecule has 0 bridgehead atoms. The summed E-state index contributed by atoms with van der Waals surface area (Å²) in [6.07, 6.45) is 0. The third-order valence-corrected chi connectivity index (χ3v) is 2.28. The Kier molecular flexibility index (Phi) is 3.20. The van der Waals surface area contributed by atoms with Gasteiger partial charge in [-0.05, 0) is 18.2 Å². The normalized spacial score (nSPS) is 9.44. The summed E-state index contributed by atoms with van der Waals surface area (Å²) in [4.78, 5) is 0. The predicted octanol–water partition coefficient (Wildman–Crippen LogP) is 3.14. The van der Waals surface area contributed by atoms with Crippen molar-refractivity contribution in [3.63, 3.8) is 0 Å². The van der Waals surface area contributed by atoms with Gasteiger partial charge in [0.05, 0.1) is 11.6 Å². The number of nitriles is 1. The molecule has 0 saturated heterocycles. The lowest BCUT2D eigenvalue weighted by atomic mass is 10.1. The average Bonchev–Trinajstić information content (AvgIpc) is 2.38. The van der Waals surface area contributed by atoms with E-state index in [0.29, 0.717) is 12.2 Å². The minimum Gasteiger partial charge on any atom is -0.489 e. The van der Waals surface area contributed by atoms with Crippen LogP contribution in [0.5, 0.6) is 5.75 Å². The number of hydrogen-bond donors (Lipinski definition) is 0. The standard InChI is InChI=1S/C14H11NO/c15-10-12-6-4-5-7-13(12)11-16-14-8-2-1-3-9-14/h1-9H,11H2. The number of benzene rings is 2. The molecule has 2 heteroatoms. The maximum atomic E-state index is 8.91. The van der Waals surface area contributed by atoms with Crippen LogP contribution in [0, 0.1) is 11.3 Å². The fourth-order valence-corrected chi connectivity index (χ4v) is 1.43. The third kappa shape index (κ3) is 2.40. The Bertz CT molecular complexity index is 500. The fraction of sp³-hybridized carbons (Fsp3) is 0.0714. The van der Waals surface area contributed by atoms with Crippen LogP contribution in [0.1, 0.15) is 11.1 Å². The molecule has 0 saturated carbocycles. The van der Waals surface area contributed by atoms with Crippen molar-refractivity contribution in [1.29, 1.82) is 5.26 Å². The van der Waals surface area contributed by atoms with Gasteiger partial charge in [0.2, 0.25) is 0 Å². The summed E-state index contributed by atoms with van der Waals surface area (Å²) < 4.78 is 5.58. The van der Waals surface area contributed by atoms with Gasteiger partial charge in [0.15, 0.2) is 0 Å². The average molecular weight is 209 g/mol. The molecule has 0 atom stereocenters. The van der Waals surface area contributed by atoms with Crippen LogP contribution in [0.3, 0.4) is 0 Å². The molecule has 0 aliphatic rings. The Hall–Kier alpha value is -2.27. The molecule has 0 radical (unpaired) electrons. The number of para-hydroxylation sites is 1. The fourth-order valence-electron chi connectivity index (χ4n) is 1.43. The second kappa shape index (κ2) is 4.99. The summed E-state index contributed by atoms with van der Waals surface area (Å²) in [5.41, 5.74) is 1.58. The molecule has 0 aliphatic heterocycles. The zero-order valence-electron chi connectivity index (χ0n) is 8.76. The van der Waals surface area contributed by atoms with Crippen molar-refractivity contribution in [3.05, 3.63) is 65.7 Å². The maximum Gasteiger partial charge on any atom is 0.119 e. The van der Waals surface area contributed by atoms with Gasteiger partial charge in [-0.25, -0.2) is 0 Å². The summed E-state index contributed by atoms with van der Waals surface area (Å²) in [5.74, 6) is 0.815. The minimum absolute atomic E-state index is 0.424. The van der Waals surface area contributed by atoms with Crippen LogP contribution in [0.25, 0.3) is 0 Å². The zero-order chi connectivity index (χ0) is 11.2. The van der Waals surface area contributed by atoms with E-state index in [-0.39, 0.29) is 0 Å². The molecule has 0 N–H and O–H groups in total. The van der Waals surface area contributed by atoms with Gasteiger partial charge in [0.25, 0.3) is 0 Å². The molecule has 0 unspecified atom stereocenters. The highest BCUT2D eigenvalue weighted by atomic mass is 16.5. The van der Waals surface area contributed by atoms with Crippen molar-refractivity contribution >= 4 is 0 Å². The van der Waals surface area contributed by atoms with Crippen molar-refractivity contribution in [2.75, 3.05) is 0 Å². The first-order valence-corrected chi connectivity index (χ1v) is 5.06. The lowest BCUT2D eigenvalue weighted by Crippen LogP contribution is -1.97. The number of hydrogen-bond acceptors (Lipinski definition) is 2. The van der Waals surface area contributed by atoms with Gasteiger partial charge in [-0.15, -0.1) is 0 Å². The van der Waals surface area contributed by atoms with Crippen LogP contribution in [0.4, 0.5) is 0 Å². The second-order valence-corrected chi connectivity index (χ2v) is 3.37. The molecule has 0 aliphatic carbocycles. The van der Waals surface area contributed by atoms with E-state index >= 15 is 0 Å². The molecule has 2 nitrogen and oxygen atoms in total. The Balaban J connectivity index is 2.09. The van der Waals surface area contributed by atoms with E-state index < -0.39 is 0 Å². The van der Waals surface area contributed by atoms with Crippen LogP contribution >= 0.6 is 0 Å². The van der Waals surface area contributed by atoms with Crippen LogP contribution < -0.4 is 4.74 Å². The topological polar surface area (TPSA) is 33.0 Å². The molecule has 2 aromatic carbocycles. The summed E-state index contributed by atoms with van der Waals surface area (Å²) in [7, 11) is 0. The maximum absolute atomic E-state index is 8.91. The Morgan fingerprint density at radius 1 is 0.938 bits per heavy atom. The van der Waals surface area contributed by atoms with Gasteiger partial charge < -0.3 is 4.74 Å². The molecular weight excluding hydrogens is 198 g/mol. The largest absolute Gasteiger partial charge is 0.489 e. The summed E-state index contributed by atoms with van der Waals surface area (Å²) >= 11 is 0. The van der Waals surface area contributed by atoms with Gasteiger partial charge in [0, 0.05) is 5.56 Å². The lowest BCUT2D eigenvalue weighted by molar-refractivity contribution is 0.306.